The summed E-state index contributed by atoms with van der Waals surface area (Å²) in [5, 5.41) is 11.3. The first-order valence-corrected chi connectivity index (χ1v) is 11.9. The van der Waals surface area contributed by atoms with Gasteiger partial charge >= 0.3 is 0 Å². The Morgan fingerprint density at radius 2 is 0.871 bits per heavy atom. The van der Waals surface area contributed by atoms with Crippen molar-refractivity contribution in [1.82, 2.24) is 0 Å². The van der Waals surface area contributed by atoms with E-state index in [0.29, 0.717) is 28.9 Å². The molecule has 2 rings (SSSR count). The number of Topliss-reactive ketones (excluding diaryl/α,β-unsaturated/α-hetero) is 1. The van der Waals surface area contributed by atoms with E-state index < -0.39 is 6.10 Å². The zero-order chi connectivity index (χ0) is 23.6. The van der Waals surface area contributed by atoms with E-state index in [2.05, 4.69) is 87.4 Å². The van der Waals surface area contributed by atoms with Gasteiger partial charge in [-0.25, -0.2) is 0 Å². The fourth-order valence-electron chi connectivity index (χ4n) is 4.06. The van der Waals surface area contributed by atoms with Gasteiger partial charge in [-0.2, -0.15) is 0 Å². The van der Waals surface area contributed by atoms with Crippen molar-refractivity contribution in [2.75, 3.05) is 0 Å². The Morgan fingerprint density at radius 3 is 1.19 bits per heavy atom. The first kappa shape index (κ1) is 25.3. The van der Waals surface area contributed by atoms with Crippen LogP contribution in [0.25, 0.3) is 0 Å². The first-order valence-electron chi connectivity index (χ1n) is 11.9. The molecule has 2 heteroatoms. The van der Waals surface area contributed by atoms with Gasteiger partial charge in [0.15, 0.2) is 5.78 Å². The molecule has 0 aromatic heterocycles. The standard InChI is InChI=1S/C29H42O2/c1-16(2)21-11-22(17(3)4)13-24(12-21)28(30)29(31)27-25(19(7)8)14-23(18(5)6)15-26(27)20(9)10/h11-20,28,30H,1-10H3. The number of carbonyl (C=O) groups excluding carboxylic acids is 1. The molecule has 0 aliphatic carbocycles. The molecule has 0 bridgehead atoms. The second-order valence-corrected chi connectivity index (χ2v) is 10.5. The summed E-state index contributed by atoms with van der Waals surface area (Å²) in [5.74, 6) is 1.29. The van der Waals surface area contributed by atoms with Crippen LogP contribution in [0.1, 0.15) is 149 Å². The number of hydrogen-bond acceptors (Lipinski definition) is 2. The van der Waals surface area contributed by atoms with Crippen molar-refractivity contribution in [1.29, 1.82) is 0 Å². The van der Waals surface area contributed by atoms with Gasteiger partial charge in [-0.05, 0) is 63.0 Å². The van der Waals surface area contributed by atoms with Crippen LogP contribution in [0.15, 0.2) is 30.3 Å². The van der Waals surface area contributed by atoms with E-state index in [9.17, 15) is 9.90 Å². The lowest BCUT2D eigenvalue weighted by atomic mass is 9.81. The molecule has 0 saturated carbocycles. The molecule has 2 nitrogen and oxygen atoms in total. The maximum Gasteiger partial charge on any atom is 0.196 e. The Kier molecular flexibility index (Phi) is 8.27. The van der Waals surface area contributed by atoms with E-state index in [4.69, 9.17) is 0 Å². The van der Waals surface area contributed by atoms with E-state index in [1.807, 2.05) is 12.1 Å². The summed E-state index contributed by atoms with van der Waals surface area (Å²) in [5.41, 5.74) is 7.08. The molecular weight excluding hydrogens is 380 g/mol. The van der Waals surface area contributed by atoms with Crippen LogP contribution in [0.2, 0.25) is 0 Å². The molecular formula is C29H42O2. The Morgan fingerprint density at radius 1 is 0.548 bits per heavy atom. The van der Waals surface area contributed by atoms with E-state index in [1.54, 1.807) is 0 Å². The number of benzene rings is 2. The highest BCUT2D eigenvalue weighted by Crippen LogP contribution is 2.36. The Balaban J connectivity index is 2.68. The molecule has 0 spiro atoms. The van der Waals surface area contributed by atoms with Crippen molar-refractivity contribution in [3.8, 4) is 0 Å². The number of aliphatic hydroxyl groups is 1. The summed E-state index contributed by atoms with van der Waals surface area (Å²) in [4.78, 5) is 13.8. The van der Waals surface area contributed by atoms with Crippen LogP contribution in [0.5, 0.6) is 0 Å². The van der Waals surface area contributed by atoms with Gasteiger partial charge in [0.1, 0.15) is 6.10 Å². The summed E-state index contributed by atoms with van der Waals surface area (Å²) in [6, 6.07) is 10.6. The van der Waals surface area contributed by atoms with E-state index in [0.717, 1.165) is 22.3 Å². The van der Waals surface area contributed by atoms with Crippen LogP contribution < -0.4 is 0 Å². The minimum Gasteiger partial charge on any atom is -0.380 e. The van der Waals surface area contributed by atoms with Crippen LogP contribution in [0.3, 0.4) is 0 Å². The summed E-state index contributed by atoms with van der Waals surface area (Å²) >= 11 is 0. The fourth-order valence-corrected chi connectivity index (χ4v) is 4.06. The number of hydrogen-bond donors (Lipinski definition) is 1. The average molecular weight is 423 g/mol. The second-order valence-electron chi connectivity index (χ2n) is 10.5. The monoisotopic (exact) mass is 422 g/mol. The fraction of sp³-hybridized carbons (Fsp3) is 0.552. The van der Waals surface area contributed by atoms with Gasteiger partial charge in [-0.3, -0.25) is 4.79 Å². The van der Waals surface area contributed by atoms with Gasteiger partial charge in [0, 0.05) is 5.56 Å². The van der Waals surface area contributed by atoms with Crippen molar-refractivity contribution < 1.29 is 9.90 Å². The highest BCUT2D eigenvalue weighted by molar-refractivity contribution is 6.03. The lowest BCUT2D eigenvalue weighted by Gasteiger charge is -2.24. The lowest BCUT2D eigenvalue weighted by molar-refractivity contribution is 0.0744. The first-order chi connectivity index (χ1) is 14.3. The molecule has 0 fully saturated rings. The van der Waals surface area contributed by atoms with E-state index in [1.165, 1.54) is 5.56 Å². The molecule has 1 unspecified atom stereocenters. The van der Waals surface area contributed by atoms with Crippen molar-refractivity contribution in [3.63, 3.8) is 0 Å². The zero-order valence-corrected chi connectivity index (χ0v) is 21.2. The molecule has 2 aromatic carbocycles. The van der Waals surface area contributed by atoms with E-state index in [-0.39, 0.29) is 17.6 Å². The SMILES string of the molecule is CC(C)c1cc(C(C)C)cc(C(O)C(=O)c2c(C(C)C)cc(C(C)C)cc2C(C)C)c1. The maximum atomic E-state index is 13.8. The smallest absolute Gasteiger partial charge is 0.196 e. The summed E-state index contributed by atoms with van der Waals surface area (Å²) in [6.07, 6.45) is -1.16. The topological polar surface area (TPSA) is 37.3 Å². The number of rotatable bonds is 8. The molecule has 1 N–H and O–H groups in total. The lowest BCUT2D eigenvalue weighted by Crippen LogP contribution is -2.19. The van der Waals surface area contributed by atoms with Crippen LogP contribution in [-0.4, -0.2) is 10.9 Å². The predicted octanol–water partition coefficient (Wildman–Crippen LogP) is 8.22. The van der Waals surface area contributed by atoms with Crippen molar-refractivity contribution >= 4 is 5.78 Å². The normalized spacial score (nSPS) is 13.2. The Labute approximate surface area is 190 Å². The second kappa shape index (κ2) is 10.1. The predicted molar refractivity (Wildman–Crippen MR) is 133 cm³/mol. The summed E-state index contributed by atoms with van der Waals surface area (Å²) < 4.78 is 0. The molecule has 0 heterocycles. The van der Waals surface area contributed by atoms with Gasteiger partial charge in [-0.1, -0.05) is 99.6 Å². The molecule has 0 saturated heterocycles. The Hall–Kier alpha value is -1.93. The highest BCUT2D eigenvalue weighted by Gasteiger charge is 2.28. The Bertz CT molecular complexity index is 861. The van der Waals surface area contributed by atoms with E-state index >= 15 is 0 Å². The molecule has 2 aromatic rings. The quantitative estimate of drug-likeness (QED) is 0.435. The maximum absolute atomic E-state index is 13.8. The third-order valence-electron chi connectivity index (χ3n) is 6.28. The molecule has 0 aliphatic rings. The molecule has 170 valence electrons. The number of carbonyl (C=O) groups is 1. The number of aliphatic hydroxyl groups excluding tert-OH is 1. The average Bonchev–Trinajstić information content (AvgIpc) is 2.70. The van der Waals surface area contributed by atoms with Crippen LogP contribution in [0.4, 0.5) is 0 Å². The third-order valence-corrected chi connectivity index (χ3v) is 6.28. The summed E-state index contributed by atoms with van der Waals surface area (Å²) in [7, 11) is 0. The molecule has 0 aliphatic heterocycles. The summed E-state index contributed by atoms with van der Waals surface area (Å²) in [6.45, 7) is 21.5. The number of ketones is 1. The minimum atomic E-state index is -1.16. The molecule has 0 radical (unpaired) electrons. The third kappa shape index (κ3) is 5.66. The van der Waals surface area contributed by atoms with Gasteiger partial charge in [0.05, 0.1) is 0 Å². The van der Waals surface area contributed by atoms with Crippen LogP contribution in [0, 0.1) is 0 Å². The van der Waals surface area contributed by atoms with Gasteiger partial charge in [0.2, 0.25) is 0 Å². The highest BCUT2D eigenvalue weighted by atomic mass is 16.3. The largest absolute Gasteiger partial charge is 0.380 e. The molecule has 0 amide bonds. The zero-order valence-electron chi connectivity index (χ0n) is 21.2. The van der Waals surface area contributed by atoms with Crippen molar-refractivity contribution in [2.24, 2.45) is 0 Å². The van der Waals surface area contributed by atoms with Crippen LogP contribution >= 0.6 is 0 Å². The van der Waals surface area contributed by atoms with Crippen LogP contribution in [-0.2, 0) is 0 Å². The van der Waals surface area contributed by atoms with Crippen molar-refractivity contribution in [2.45, 2.75) is 105 Å². The minimum absolute atomic E-state index is 0.182. The van der Waals surface area contributed by atoms with Crippen molar-refractivity contribution in [3.05, 3.63) is 69.3 Å². The van der Waals surface area contributed by atoms with Gasteiger partial charge in [0.25, 0.3) is 0 Å². The van der Waals surface area contributed by atoms with Gasteiger partial charge in [-0.15, -0.1) is 0 Å². The van der Waals surface area contributed by atoms with Gasteiger partial charge < -0.3 is 5.11 Å². The molecule has 31 heavy (non-hydrogen) atoms. The molecule has 1 atom stereocenters.